The Balaban J connectivity index is 2.15. The van der Waals surface area contributed by atoms with Crippen LogP contribution >= 0.6 is 23.2 Å². The van der Waals surface area contributed by atoms with E-state index >= 15 is 0 Å². The number of halogens is 5. The first-order valence-corrected chi connectivity index (χ1v) is 7.76. The van der Waals surface area contributed by atoms with E-state index < -0.39 is 17.6 Å². The molecular weight excluding hydrogens is 390 g/mol. The summed E-state index contributed by atoms with van der Waals surface area (Å²) in [6.07, 6.45) is -3.44. The molecule has 0 saturated heterocycles. The van der Waals surface area contributed by atoms with Gasteiger partial charge >= 0.3 is 6.18 Å². The summed E-state index contributed by atoms with van der Waals surface area (Å²) < 4.78 is 38.1. The molecule has 0 unspecified atom stereocenters. The van der Waals surface area contributed by atoms with Gasteiger partial charge in [0.1, 0.15) is 11.6 Å². The summed E-state index contributed by atoms with van der Waals surface area (Å²) >= 11 is 11.7. The zero-order valence-corrected chi connectivity index (χ0v) is 14.4. The van der Waals surface area contributed by atoms with E-state index in [-0.39, 0.29) is 11.3 Å². The van der Waals surface area contributed by atoms with Crippen molar-refractivity contribution in [2.24, 2.45) is 0 Å². The van der Waals surface area contributed by atoms with Gasteiger partial charge in [0.05, 0.1) is 5.56 Å². The van der Waals surface area contributed by atoms with Crippen LogP contribution in [0.1, 0.15) is 5.56 Å². The SMILES string of the molecule is N#C/C(=C/Nc1cc(Cl)cc(Cl)c1)C(=O)Nc1cccc(C(F)(F)F)c1. The third kappa shape index (κ3) is 5.41. The van der Waals surface area contributed by atoms with Gasteiger partial charge in [-0.1, -0.05) is 29.3 Å². The van der Waals surface area contributed by atoms with Crippen LogP contribution in [0, 0.1) is 11.3 Å². The summed E-state index contributed by atoms with van der Waals surface area (Å²) in [5.74, 6) is -0.868. The Bertz CT molecular complexity index is 885. The number of carbonyl (C=O) groups excluding carboxylic acids is 1. The fourth-order valence-corrected chi connectivity index (χ4v) is 2.44. The molecule has 0 fully saturated rings. The molecule has 0 bridgehead atoms. The van der Waals surface area contributed by atoms with Crippen molar-refractivity contribution in [1.29, 1.82) is 5.26 Å². The molecule has 0 spiro atoms. The lowest BCUT2D eigenvalue weighted by molar-refractivity contribution is -0.137. The van der Waals surface area contributed by atoms with Crippen molar-refractivity contribution >= 4 is 40.5 Å². The summed E-state index contributed by atoms with van der Waals surface area (Å²) in [4.78, 5) is 12.1. The number of amides is 1. The monoisotopic (exact) mass is 399 g/mol. The molecule has 0 aromatic heterocycles. The lowest BCUT2D eigenvalue weighted by Gasteiger charge is -2.09. The lowest BCUT2D eigenvalue weighted by Crippen LogP contribution is -2.15. The highest BCUT2D eigenvalue weighted by atomic mass is 35.5. The van der Waals surface area contributed by atoms with E-state index in [2.05, 4.69) is 10.6 Å². The molecule has 0 atom stereocenters. The van der Waals surface area contributed by atoms with Crippen molar-refractivity contribution in [3.63, 3.8) is 0 Å². The standard InChI is InChI=1S/C17H10Cl2F3N3O/c18-12-5-13(19)7-15(6-12)24-9-10(8-23)16(26)25-14-3-1-2-11(4-14)17(20,21)22/h1-7,9,24H,(H,25,26)/b10-9-. The fourth-order valence-electron chi connectivity index (χ4n) is 1.91. The number of carbonyl (C=O) groups is 1. The maximum Gasteiger partial charge on any atom is 0.416 e. The molecule has 2 rings (SSSR count). The minimum atomic E-state index is -4.54. The van der Waals surface area contributed by atoms with E-state index in [1.807, 2.05) is 0 Å². The minimum absolute atomic E-state index is 0.0863. The second kappa shape index (κ2) is 8.13. The average molecular weight is 400 g/mol. The molecule has 0 radical (unpaired) electrons. The first-order valence-electron chi connectivity index (χ1n) is 7.00. The summed E-state index contributed by atoms with van der Waals surface area (Å²) in [7, 11) is 0. The molecule has 4 nitrogen and oxygen atoms in total. The third-order valence-electron chi connectivity index (χ3n) is 3.06. The van der Waals surface area contributed by atoms with E-state index in [0.717, 1.165) is 24.4 Å². The van der Waals surface area contributed by atoms with E-state index in [4.69, 9.17) is 28.5 Å². The Morgan fingerprint density at radius 2 is 1.73 bits per heavy atom. The van der Waals surface area contributed by atoms with Crippen molar-refractivity contribution in [1.82, 2.24) is 0 Å². The van der Waals surface area contributed by atoms with Crippen LogP contribution in [-0.4, -0.2) is 5.91 Å². The van der Waals surface area contributed by atoms with Gasteiger partial charge < -0.3 is 10.6 Å². The van der Waals surface area contributed by atoms with Crippen LogP contribution in [0.25, 0.3) is 0 Å². The van der Waals surface area contributed by atoms with Crippen LogP contribution in [0.4, 0.5) is 24.5 Å². The van der Waals surface area contributed by atoms with Crippen molar-refractivity contribution in [3.05, 3.63) is 69.8 Å². The van der Waals surface area contributed by atoms with Gasteiger partial charge in [-0.3, -0.25) is 4.79 Å². The van der Waals surface area contributed by atoms with Gasteiger partial charge in [0.15, 0.2) is 0 Å². The number of nitrogens with one attached hydrogen (secondary N) is 2. The lowest BCUT2D eigenvalue weighted by atomic mass is 10.2. The molecule has 0 aliphatic rings. The topological polar surface area (TPSA) is 64.9 Å². The smallest absolute Gasteiger partial charge is 0.360 e. The normalized spacial score (nSPS) is 11.6. The molecule has 2 aromatic rings. The van der Waals surface area contributed by atoms with Crippen molar-refractivity contribution < 1.29 is 18.0 Å². The highest BCUT2D eigenvalue weighted by Crippen LogP contribution is 2.30. The van der Waals surface area contributed by atoms with Gasteiger partial charge in [0, 0.05) is 27.6 Å². The van der Waals surface area contributed by atoms with Crippen LogP contribution in [0.5, 0.6) is 0 Å². The van der Waals surface area contributed by atoms with Gasteiger partial charge in [0.25, 0.3) is 5.91 Å². The number of benzene rings is 2. The highest BCUT2D eigenvalue weighted by molar-refractivity contribution is 6.35. The first kappa shape index (κ1) is 19.6. The van der Waals surface area contributed by atoms with E-state index in [1.54, 1.807) is 6.07 Å². The Hall–Kier alpha value is -2.69. The van der Waals surface area contributed by atoms with Crippen LogP contribution in [0.3, 0.4) is 0 Å². The van der Waals surface area contributed by atoms with Crippen LogP contribution in [-0.2, 0) is 11.0 Å². The molecule has 0 aliphatic carbocycles. The van der Waals surface area contributed by atoms with Crippen molar-refractivity contribution in [3.8, 4) is 6.07 Å². The number of hydrogen-bond donors (Lipinski definition) is 2. The zero-order chi connectivity index (χ0) is 19.3. The van der Waals surface area contributed by atoms with Crippen LogP contribution in [0.2, 0.25) is 10.0 Å². The van der Waals surface area contributed by atoms with E-state index in [0.29, 0.717) is 15.7 Å². The summed E-state index contributed by atoms with van der Waals surface area (Å²) in [6, 6.07) is 10.3. The molecule has 26 heavy (non-hydrogen) atoms. The van der Waals surface area contributed by atoms with Crippen molar-refractivity contribution in [2.45, 2.75) is 6.18 Å². The fraction of sp³-hybridized carbons (Fsp3) is 0.0588. The second-order valence-corrected chi connectivity index (χ2v) is 5.88. The number of anilines is 2. The maximum atomic E-state index is 12.7. The van der Waals surface area contributed by atoms with Gasteiger partial charge in [-0.05, 0) is 36.4 Å². The summed E-state index contributed by atoms with van der Waals surface area (Å²) in [6.45, 7) is 0. The summed E-state index contributed by atoms with van der Waals surface area (Å²) in [5.41, 5.74) is -0.915. The van der Waals surface area contributed by atoms with Crippen LogP contribution in [0.15, 0.2) is 54.2 Å². The van der Waals surface area contributed by atoms with E-state index in [9.17, 15) is 18.0 Å². The molecule has 0 heterocycles. The molecule has 1 amide bonds. The second-order valence-electron chi connectivity index (χ2n) is 5.00. The Kier molecular flexibility index (Phi) is 6.14. The number of hydrogen-bond acceptors (Lipinski definition) is 3. The molecule has 134 valence electrons. The Labute approximate surface area is 156 Å². The predicted octanol–water partition coefficient (Wildman–Crippen LogP) is 5.47. The zero-order valence-electron chi connectivity index (χ0n) is 12.9. The number of nitriles is 1. The van der Waals surface area contributed by atoms with Gasteiger partial charge in [-0.25, -0.2) is 0 Å². The Morgan fingerprint density at radius 3 is 2.31 bits per heavy atom. The maximum absolute atomic E-state index is 12.7. The number of nitrogens with zero attached hydrogens (tertiary/aromatic N) is 1. The van der Waals surface area contributed by atoms with E-state index in [1.165, 1.54) is 24.3 Å². The van der Waals surface area contributed by atoms with Gasteiger partial charge in [-0.15, -0.1) is 0 Å². The largest absolute Gasteiger partial charge is 0.416 e. The molecule has 2 aromatic carbocycles. The first-order chi connectivity index (χ1) is 12.2. The molecule has 0 aliphatic heterocycles. The van der Waals surface area contributed by atoms with Crippen molar-refractivity contribution in [2.75, 3.05) is 10.6 Å². The third-order valence-corrected chi connectivity index (χ3v) is 3.50. The van der Waals surface area contributed by atoms with Gasteiger partial charge in [-0.2, -0.15) is 18.4 Å². The van der Waals surface area contributed by atoms with Gasteiger partial charge in [0.2, 0.25) is 0 Å². The molecule has 2 N–H and O–H groups in total. The molecule has 9 heteroatoms. The highest BCUT2D eigenvalue weighted by Gasteiger charge is 2.30. The number of alkyl halides is 3. The molecule has 0 saturated carbocycles. The predicted molar refractivity (Wildman–Crippen MR) is 93.9 cm³/mol. The van der Waals surface area contributed by atoms with Crippen LogP contribution < -0.4 is 10.6 Å². The average Bonchev–Trinajstić information content (AvgIpc) is 2.54. The quantitative estimate of drug-likeness (QED) is 0.529. The minimum Gasteiger partial charge on any atom is -0.360 e. The Morgan fingerprint density at radius 1 is 1.08 bits per heavy atom. The summed E-state index contributed by atoms with van der Waals surface area (Å²) in [5, 5.41) is 14.7. The molecular formula is C17H10Cl2F3N3O. The number of rotatable bonds is 4.